The lowest BCUT2D eigenvalue weighted by Gasteiger charge is -2.18. The minimum atomic E-state index is -0.314. The molecule has 6 heteroatoms. The number of carbonyl (C=O) groups excluding carboxylic acids is 2. The highest BCUT2D eigenvalue weighted by Crippen LogP contribution is 2.22. The highest BCUT2D eigenvalue weighted by atomic mass is 79.9. The average molecular weight is 402 g/mol. The van der Waals surface area contributed by atoms with Crippen molar-refractivity contribution < 1.29 is 9.59 Å². The number of carbonyl (C=O) groups is 2. The predicted molar refractivity (Wildman–Crippen MR) is 98.5 cm³/mol. The summed E-state index contributed by atoms with van der Waals surface area (Å²) in [6, 6.07) is 13.4. The lowest BCUT2D eigenvalue weighted by atomic mass is 10.1. The van der Waals surface area contributed by atoms with Crippen molar-refractivity contribution in [3.8, 4) is 0 Å². The summed E-state index contributed by atoms with van der Waals surface area (Å²) in [7, 11) is 0. The Morgan fingerprint density at radius 1 is 1.36 bits per heavy atom. The minimum absolute atomic E-state index is 0.000844. The second-order valence-corrected chi connectivity index (χ2v) is 7.20. The number of nitrogens with one attached hydrogen (secondary N) is 1. The number of benzene rings is 1. The Labute approximate surface area is 155 Å². The second kappa shape index (κ2) is 7.78. The van der Waals surface area contributed by atoms with Crippen LogP contribution in [-0.4, -0.2) is 28.2 Å². The summed E-state index contributed by atoms with van der Waals surface area (Å²) in [5.41, 5.74) is 1.86. The van der Waals surface area contributed by atoms with Crippen molar-refractivity contribution in [2.45, 2.75) is 25.9 Å². The van der Waals surface area contributed by atoms with E-state index in [0.717, 1.165) is 15.7 Å². The monoisotopic (exact) mass is 401 g/mol. The standard InChI is InChI=1S/C19H20BrN3O2/c1-13(14-5-4-6-16(20)9-14)22-19(25)15-10-18(24)23(11-15)12-17-7-2-3-8-21-17/h2-9,13,15H,10-12H2,1H3,(H,22,25)/t13-,15-/m0/s1. The van der Waals surface area contributed by atoms with E-state index in [4.69, 9.17) is 0 Å². The number of hydrogen-bond donors (Lipinski definition) is 1. The van der Waals surface area contributed by atoms with Crippen molar-refractivity contribution in [1.82, 2.24) is 15.2 Å². The van der Waals surface area contributed by atoms with Crippen LogP contribution in [0.2, 0.25) is 0 Å². The first-order valence-electron chi connectivity index (χ1n) is 8.26. The van der Waals surface area contributed by atoms with Crippen LogP contribution in [0.4, 0.5) is 0 Å². The Balaban J connectivity index is 1.59. The molecule has 0 radical (unpaired) electrons. The number of amides is 2. The van der Waals surface area contributed by atoms with Crippen LogP contribution in [0.15, 0.2) is 53.1 Å². The number of halogens is 1. The lowest BCUT2D eigenvalue weighted by Crippen LogP contribution is -2.34. The molecule has 5 nitrogen and oxygen atoms in total. The van der Waals surface area contributed by atoms with Gasteiger partial charge in [0.2, 0.25) is 11.8 Å². The number of pyridine rings is 1. The van der Waals surface area contributed by atoms with E-state index in [0.29, 0.717) is 13.1 Å². The van der Waals surface area contributed by atoms with Crippen LogP contribution in [0.3, 0.4) is 0 Å². The third kappa shape index (κ3) is 4.45. The number of aromatic nitrogens is 1. The molecule has 0 unspecified atom stereocenters. The molecule has 2 heterocycles. The number of nitrogens with zero attached hydrogens (tertiary/aromatic N) is 2. The highest BCUT2D eigenvalue weighted by Gasteiger charge is 2.34. The van der Waals surface area contributed by atoms with Crippen LogP contribution >= 0.6 is 15.9 Å². The van der Waals surface area contributed by atoms with Crippen molar-refractivity contribution in [2.24, 2.45) is 5.92 Å². The van der Waals surface area contributed by atoms with Crippen molar-refractivity contribution >= 4 is 27.7 Å². The van der Waals surface area contributed by atoms with E-state index >= 15 is 0 Å². The van der Waals surface area contributed by atoms with Crippen molar-refractivity contribution in [3.05, 3.63) is 64.4 Å². The smallest absolute Gasteiger partial charge is 0.225 e. The molecule has 3 rings (SSSR count). The normalized spacial score (nSPS) is 18.2. The van der Waals surface area contributed by atoms with Crippen LogP contribution < -0.4 is 5.32 Å². The van der Waals surface area contributed by atoms with Crippen LogP contribution in [-0.2, 0) is 16.1 Å². The van der Waals surface area contributed by atoms with E-state index in [2.05, 4.69) is 26.2 Å². The molecule has 2 amide bonds. The summed E-state index contributed by atoms with van der Waals surface area (Å²) in [5, 5.41) is 3.02. The van der Waals surface area contributed by atoms with E-state index in [-0.39, 0.29) is 30.2 Å². The van der Waals surface area contributed by atoms with Gasteiger partial charge < -0.3 is 10.2 Å². The van der Waals surface area contributed by atoms with E-state index in [1.165, 1.54) is 0 Å². The Morgan fingerprint density at radius 3 is 2.92 bits per heavy atom. The Bertz CT molecular complexity index is 766. The summed E-state index contributed by atoms with van der Waals surface area (Å²) in [4.78, 5) is 30.7. The van der Waals surface area contributed by atoms with Gasteiger partial charge in [0, 0.05) is 23.6 Å². The summed E-state index contributed by atoms with van der Waals surface area (Å²) < 4.78 is 0.976. The number of rotatable bonds is 5. The van der Waals surface area contributed by atoms with Gasteiger partial charge in [-0.25, -0.2) is 0 Å². The van der Waals surface area contributed by atoms with Gasteiger partial charge in [-0.3, -0.25) is 14.6 Å². The Morgan fingerprint density at radius 2 is 2.20 bits per heavy atom. The van der Waals surface area contributed by atoms with Gasteiger partial charge in [-0.15, -0.1) is 0 Å². The van der Waals surface area contributed by atoms with Crippen molar-refractivity contribution in [3.63, 3.8) is 0 Å². The molecule has 1 N–H and O–H groups in total. The molecule has 0 saturated carbocycles. The molecule has 0 spiro atoms. The molecule has 1 fully saturated rings. The molecule has 0 aliphatic carbocycles. The third-order valence-corrected chi connectivity index (χ3v) is 4.86. The number of likely N-dealkylation sites (tertiary alicyclic amines) is 1. The molecule has 2 atom stereocenters. The van der Waals surface area contributed by atoms with E-state index in [1.807, 2.05) is 49.4 Å². The molecule has 2 aromatic rings. The van der Waals surface area contributed by atoms with E-state index in [9.17, 15) is 9.59 Å². The largest absolute Gasteiger partial charge is 0.349 e. The maximum atomic E-state index is 12.5. The summed E-state index contributed by atoms with van der Waals surface area (Å²) >= 11 is 3.44. The van der Waals surface area contributed by atoms with Gasteiger partial charge in [-0.2, -0.15) is 0 Å². The molecule has 1 aromatic heterocycles. The van der Waals surface area contributed by atoms with Gasteiger partial charge in [-0.05, 0) is 36.8 Å². The van der Waals surface area contributed by atoms with Crippen LogP contribution in [0.1, 0.15) is 30.6 Å². The van der Waals surface area contributed by atoms with Crippen LogP contribution in [0, 0.1) is 5.92 Å². The molecule has 0 bridgehead atoms. The van der Waals surface area contributed by atoms with Gasteiger partial charge >= 0.3 is 0 Å². The molecule has 25 heavy (non-hydrogen) atoms. The van der Waals surface area contributed by atoms with Crippen LogP contribution in [0.25, 0.3) is 0 Å². The first-order chi connectivity index (χ1) is 12.0. The molecule has 130 valence electrons. The van der Waals surface area contributed by atoms with Crippen molar-refractivity contribution in [1.29, 1.82) is 0 Å². The first kappa shape index (κ1) is 17.6. The van der Waals surface area contributed by atoms with Gasteiger partial charge in [0.1, 0.15) is 0 Å². The van der Waals surface area contributed by atoms with Gasteiger partial charge in [0.25, 0.3) is 0 Å². The Kier molecular flexibility index (Phi) is 5.48. The van der Waals surface area contributed by atoms with Crippen molar-refractivity contribution in [2.75, 3.05) is 6.54 Å². The predicted octanol–water partition coefficient (Wildman–Crippen LogP) is 3.07. The summed E-state index contributed by atoms with van der Waals surface area (Å²) in [6.45, 7) is 2.83. The van der Waals surface area contributed by atoms with Crippen LogP contribution in [0.5, 0.6) is 0 Å². The second-order valence-electron chi connectivity index (χ2n) is 6.28. The van der Waals surface area contributed by atoms with E-state index < -0.39 is 0 Å². The maximum Gasteiger partial charge on any atom is 0.225 e. The van der Waals surface area contributed by atoms with Gasteiger partial charge in [0.15, 0.2) is 0 Å². The molecule has 1 aromatic carbocycles. The lowest BCUT2D eigenvalue weighted by molar-refractivity contribution is -0.129. The number of hydrogen-bond acceptors (Lipinski definition) is 3. The maximum absolute atomic E-state index is 12.5. The fourth-order valence-electron chi connectivity index (χ4n) is 2.98. The third-order valence-electron chi connectivity index (χ3n) is 4.37. The average Bonchev–Trinajstić information content (AvgIpc) is 2.96. The first-order valence-corrected chi connectivity index (χ1v) is 9.06. The van der Waals surface area contributed by atoms with Gasteiger partial charge in [-0.1, -0.05) is 34.1 Å². The minimum Gasteiger partial charge on any atom is -0.349 e. The molecule has 1 aliphatic rings. The zero-order chi connectivity index (χ0) is 17.8. The molecular formula is C19H20BrN3O2. The Hall–Kier alpha value is -2.21. The fraction of sp³-hybridized carbons (Fsp3) is 0.316. The zero-order valence-corrected chi connectivity index (χ0v) is 15.6. The highest BCUT2D eigenvalue weighted by molar-refractivity contribution is 9.10. The quantitative estimate of drug-likeness (QED) is 0.836. The topological polar surface area (TPSA) is 62.3 Å². The van der Waals surface area contributed by atoms with Gasteiger partial charge in [0.05, 0.1) is 24.2 Å². The van der Waals surface area contributed by atoms with E-state index in [1.54, 1.807) is 11.1 Å². The molecule has 1 aliphatic heterocycles. The molecule has 1 saturated heterocycles. The molecular weight excluding hydrogens is 382 g/mol. The SMILES string of the molecule is C[C@H](NC(=O)[C@H]1CC(=O)N(Cc2ccccn2)C1)c1cccc(Br)c1. The summed E-state index contributed by atoms with van der Waals surface area (Å²) in [5.74, 6) is -0.393. The fourth-order valence-corrected chi connectivity index (χ4v) is 3.40. The zero-order valence-electron chi connectivity index (χ0n) is 14.0. The summed E-state index contributed by atoms with van der Waals surface area (Å²) in [6.07, 6.45) is 1.96.